The first-order valence-corrected chi connectivity index (χ1v) is 5.38. The third-order valence-corrected chi connectivity index (χ3v) is 3.09. The molecule has 0 aliphatic carbocycles. The van der Waals surface area contributed by atoms with Gasteiger partial charge in [-0.1, -0.05) is 19.1 Å². The largest absolute Gasteiger partial charge is 0.507 e. The quantitative estimate of drug-likeness (QED) is 0.795. The average molecular weight is 217 g/mol. The number of rotatable bonds is 1. The first-order chi connectivity index (χ1) is 7.57. The molecule has 0 aliphatic rings. The van der Waals surface area contributed by atoms with Crippen LogP contribution in [0, 0.1) is 6.92 Å². The summed E-state index contributed by atoms with van der Waals surface area (Å²) in [6.45, 7) is 3.69. The summed E-state index contributed by atoms with van der Waals surface area (Å²) in [6.07, 6.45) is 0.836. The fraction of sp³-hybridized carbons (Fsp3) is 0.308. The smallest absolute Gasteiger partial charge is 0.257 e. The molecule has 0 spiro atoms. The van der Waals surface area contributed by atoms with E-state index in [0.29, 0.717) is 5.56 Å². The summed E-state index contributed by atoms with van der Waals surface area (Å²) >= 11 is 0. The molecule has 3 nitrogen and oxygen atoms in total. The Labute approximate surface area is 94.0 Å². The van der Waals surface area contributed by atoms with Crippen molar-refractivity contribution in [3.05, 3.63) is 39.7 Å². The maximum atomic E-state index is 11.8. The van der Waals surface area contributed by atoms with Crippen LogP contribution in [0.4, 0.5) is 0 Å². The van der Waals surface area contributed by atoms with E-state index in [2.05, 4.69) is 0 Å². The molecule has 0 bridgehead atoms. The molecule has 0 amide bonds. The van der Waals surface area contributed by atoms with Gasteiger partial charge in [-0.05, 0) is 25.0 Å². The molecule has 0 unspecified atom stereocenters. The van der Waals surface area contributed by atoms with E-state index in [0.717, 1.165) is 22.9 Å². The van der Waals surface area contributed by atoms with Crippen LogP contribution >= 0.6 is 0 Å². The molecule has 0 saturated heterocycles. The summed E-state index contributed by atoms with van der Waals surface area (Å²) in [6, 6.07) is 5.75. The van der Waals surface area contributed by atoms with Crippen LogP contribution in [0.5, 0.6) is 5.75 Å². The number of hydrogen-bond donors (Lipinski definition) is 1. The second-order valence-corrected chi connectivity index (χ2v) is 4.00. The summed E-state index contributed by atoms with van der Waals surface area (Å²) in [5, 5.41) is 10.9. The molecule has 0 atom stereocenters. The Kier molecular flexibility index (Phi) is 2.46. The highest BCUT2D eigenvalue weighted by atomic mass is 16.3. The molecular formula is C13H15NO2. The van der Waals surface area contributed by atoms with Crippen LogP contribution < -0.4 is 5.56 Å². The minimum atomic E-state index is -0.141. The van der Waals surface area contributed by atoms with Gasteiger partial charge in [-0.3, -0.25) is 4.79 Å². The van der Waals surface area contributed by atoms with Gasteiger partial charge in [0, 0.05) is 12.4 Å². The van der Waals surface area contributed by atoms with E-state index in [1.807, 2.05) is 25.1 Å². The molecule has 0 radical (unpaired) electrons. The number of nitrogens with zero attached hydrogens (tertiary/aromatic N) is 1. The normalized spacial score (nSPS) is 10.9. The summed E-state index contributed by atoms with van der Waals surface area (Å²) in [5.41, 5.74) is 2.12. The molecule has 0 aliphatic heterocycles. The summed E-state index contributed by atoms with van der Waals surface area (Å²) in [5.74, 6) is 0.121. The number of aromatic hydroxyl groups is 1. The number of aromatic nitrogens is 1. The summed E-state index contributed by atoms with van der Waals surface area (Å²) in [7, 11) is 1.73. The molecular weight excluding hydrogens is 202 g/mol. The third kappa shape index (κ3) is 1.32. The predicted octanol–water partition coefficient (Wildman–Crippen LogP) is 2.11. The average Bonchev–Trinajstić information content (AvgIpc) is 2.32. The van der Waals surface area contributed by atoms with Gasteiger partial charge in [0.15, 0.2) is 0 Å². The Hall–Kier alpha value is -1.77. The Balaban J connectivity index is 3.08. The monoisotopic (exact) mass is 217 g/mol. The molecule has 1 aromatic carbocycles. The summed E-state index contributed by atoms with van der Waals surface area (Å²) < 4.78 is 1.59. The van der Waals surface area contributed by atoms with Crippen molar-refractivity contribution >= 4 is 10.9 Å². The van der Waals surface area contributed by atoms with Gasteiger partial charge in [0.2, 0.25) is 0 Å². The van der Waals surface area contributed by atoms with Crippen molar-refractivity contribution in [2.24, 2.45) is 7.05 Å². The van der Waals surface area contributed by atoms with E-state index < -0.39 is 0 Å². The predicted molar refractivity (Wildman–Crippen MR) is 65.0 cm³/mol. The van der Waals surface area contributed by atoms with Crippen molar-refractivity contribution in [3.8, 4) is 5.75 Å². The maximum absolute atomic E-state index is 11.8. The molecule has 84 valence electrons. The Morgan fingerprint density at radius 3 is 2.69 bits per heavy atom. The van der Waals surface area contributed by atoms with Crippen LogP contribution in [0.3, 0.4) is 0 Å². The highest BCUT2D eigenvalue weighted by Crippen LogP contribution is 2.28. The van der Waals surface area contributed by atoms with Crippen molar-refractivity contribution in [2.45, 2.75) is 20.3 Å². The summed E-state index contributed by atoms with van der Waals surface area (Å²) in [4.78, 5) is 11.8. The lowest BCUT2D eigenvalue weighted by Gasteiger charge is -2.12. The van der Waals surface area contributed by atoms with Crippen molar-refractivity contribution in [1.29, 1.82) is 0 Å². The van der Waals surface area contributed by atoms with E-state index in [1.165, 1.54) is 0 Å². The number of pyridine rings is 1. The van der Waals surface area contributed by atoms with Gasteiger partial charge in [0.05, 0.1) is 11.1 Å². The van der Waals surface area contributed by atoms with Crippen LogP contribution in [-0.4, -0.2) is 9.67 Å². The zero-order chi connectivity index (χ0) is 11.9. The van der Waals surface area contributed by atoms with Crippen LogP contribution in [0.2, 0.25) is 0 Å². The van der Waals surface area contributed by atoms with Gasteiger partial charge in [0.1, 0.15) is 5.75 Å². The van der Waals surface area contributed by atoms with E-state index in [1.54, 1.807) is 18.5 Å². The van der Waals surface area contributed by atoms with Gasteiger partial charge < -0.3 is 9.67 Å². The van der Waals surface area contributed by atoms with Crippen molar-refractivity contribution < 1.29 is 5.11 Å². The van der Waals surface area contributed by atoms with Crippen molar-refractivity contribution in [3.63, 3.8) is 0 Å². The molecule has 1 aromatic heterocycles. The number of hydrogen-bond acceptors (Lipinski definition) is 2. The molecule has 0 fully saturated rings. The fourth-order valence-corrected chi connectivity index (χ4v) is 2.08. The maximum Gasteiger partial charge on any atom is 0.257 e. The van der Waals surface area contributed by atoms with Crippen LogP contribution in [-0.2, 0) is 13.5 Å². The van der Waals surface area contributed by atoms with Crippen LogP contribution in [0.15, 0.2) is 23.0 Å². The van der Waals surface area contributed by atoms with Crippen molar-refractivity contribution in [1.82, 2.24) is 4.57 Å². The second-order valence-electron chi connectivity index (χ2n) is 4.00. The molecule has 3 heteroatoms. The van der Waals surface area contributed by atoms with Gasteiger partial charge >= 0.3 is 0 Å². The molecule has 2 rings (SSSR count). The second kappa shape index (κ2) is 3.67. The molecule has 1 heterocycles. The minimum absolute atomic E-state index is 0.121. The van der Waals surface area contributed by atoms with E-state index >= 15 is 0 Å². The number of benzene rings is 1. The van der Waals surface area contributed by atoms with Gasteiger partial charge in [-0.25, -0.2) is 0 Å². The molecule has 2 aromatic rings. The molecule has 1 N–H and O–H groups in total. The van der Waals surface area contributed by atoms with Gasteiger partial charge in [0.25, 0.3) is 5.56 Å². The Morgan fingerprint density at radius 1 is 1.38 bits per heavy atom. The number of fused-ring (bicyclic) bond motifs is 1. The third-order valence-electron chi connectivity index (χ3n) is 3.09. The standard InChI is InChI=1S/C13H15NO2/c1-4-9-6-5-7-10-11(9)12(15)8(2)13(16)14(10)3/h5-7,15H,4H2,1-3H3. The van der Waals surface area contributed by atoms with Gasteiger partial charge in [-0.15, -0.1) is 0 Å². The lowest BCUT2D eigenvalue weighted by Crippen LogP contribution is -2.19. The highest BCUT2D eigenvalue weighted by molar-refractivity contribution is 5.89. The first kappa shape index (κ1) is 10.7. The SMILES string of the molecule is CCc1cccc2c1c(O)c(C)c(=O)n2C. The van der Waals surface area contributed by atoms with Crippen LogP contribution in [0.1, 0.15) is 18.1 Å². The van der Waals surface area contributed by atoms with Crippen molar-refractivity contribution in [2.75, 3.05) is 0 Å². The lowest BCUT2D eigenvalue weighted by atomic mass is 10.0. The minimum Gasteiger partial charge on any atom is -0.507 e. The Morgan fingerprint density at radius 2 is 2.06 bits per heavy atom. The van der Waals surface area contributed by atoms with Crippen LogP contribution in [0.25, 0.3) is 10.9 Å². The molecule has 0 saturated carbocycles. The molecule has 16 heavy (non-hydrogen) atoms. The highest BCUT2D eigenvalue weighted by Gasteiger charge is 2.12. The number of aryl methyl sites for hydroxylation is 2. The Bertz CT molecular complexity index is 611. The van der Waals surface area contributed by atoms with Gasteiger partial charge in [-0.2, -0.15) is 0 Å². The first-order valence-electron chi connectivity index (χ1n) is 5.38. The van der Waals surface area contributed by atoms with E-state index in [9.17, 15) is 9.90 Å². The lowest BCUT2D eigenvalue weighted by molar-refractivity contribution is 0.474. The fourth-order valence-electron chi connectivity index (χ4n) is 2.08. The zero-order valence-electron chi connectivity index (χ0n) is 9.74. The van der Waals surface area contributed by atoms with E-state index in [4.69, 9.17) is 0 Å². The topological polar surface area (TPSA) is 42.2 Å². The zero-order valence-corrected chi connectivity index (χ0v) is 9.74. The van der Waals surface area contributed by atoms with E-state index in [-0.39, 0.29) is 11.3 Å².